The second-order valence-corrected chi connectivity index (χ2v) is 5.96. The van der Waals surface area contributed by atoms with Gasteiger partial charge in [0.25, 0.3) is 5.91 Å². The normalized spacial score (nSPS) is 21.6. The topological polar surface area (TPSA) is 55.6 Å². The summed E-state index contributed by atoms with van der Waals surface area (Å²) in [5, 5.41) is 0. The van der Waals surface area contributed by atoms with E-state index in [1.54, 1.807) is 4.90 Å². The number of piperidine rings is 1. The van der Waals surface area contributed by atoms with E-state index in [1.807, 2.05) is 0 Å². The number of nitrogens with two attached hydrogens (primary N) is 1. The lowest BCUT2D eigenvalue weighted by atomic mass is 9.79. The smallest absolute Gasteiger partial charge is 0.254 e. The van der Waals surface area contributed by atoms with Crippen LogP contribution in [0.3, 0.4) is 0 Å². The largest absolute Gasteiger partial charge is 0.494 e. The van der Waals surface area contributed by atoms with Crippen LogP contribution in [-0.2, 0) is 0 Å². The average molecular weight is 280 g/mol. The summed E-state index contributed by atoms with van der Waals surface area (Å²) in [6.07, 6.45) is 0.775. The molecular weight excluding hydrogens is 259 g/mol. The van der Waals surface area contributed by atoms with Gasteiger partial charge in [0.05, 0.1) is 7.11 Å². The lowest BCUT2D eigenvalue weighted by Gasteiger charge is -2.42. The number of methoxy groups -OCH3 is 1. The summed E-state index contributed by atoms with van der Waals surface area (Å²) in [6.45, 7) is 5.35. The highest BCUT2D eigenvalue weighted by molar-refractivity contribution is 5.94. The van der Waals surface area contributed by atoms with Gasteiger partial charge in [0, 0.05) is 24.7 Å². The van der Waals surface area contributed by atoms with Crippen LogP contribution in [0.2, 0.25) is 0 Å². The number of ether oxygens (including phenoxy) is 1. The highest BCUT2D eigenvalue weighted by Crippen LogP contribution is 2.29. The van der Waals surface area contributed by atoms with Crippen molar-refractivity contribution in [3.05, 3.63) is 29.6 Å². The van der Waals surface area contributed by atoms with Crippen LogP contribution in [0.1, 0.15) is 30.6 Å². The van der Waals surface area contributed by atoms with E-state index in [0.29, 0.717) is 18.7 Å². The number of likely N-dealkylation sites (tertiary alicyclic amines) is 1. The molecular formula is C15H21FN2O2. The van der Waals surface area contributed by atoms with Crippen molar-refractivity contribution in [1.82, 2.24) is 4.90 Å². The fourth-order valence-corrected chi connectivity index (χ4v) is 2.52. The Balaban J connectivity index is 2.20. The maximum absolute atomic E-state index is 13.4. The molecule has 1 aromatic rings. The van der Waals surface area contributed by atoms with Gasteiger partial charge in [0.1, 0.15) is 0 Å². The Kier molecular flexibility index (Phi) is 3.99. The Morgan fingerprint density at radius 1 is 1.50 bits per heavy atom. The monoisotopic (exact) mass is 280 g/mol. The number of hydrogen-bond acceptors (Lipinski definition) is 3. The predicted molar refractivity (Wildman–Crippen MR) is 75.2 cm³/mol. The molecule has 0 aromatic heterocycles. The number of rotatable bonds is 2. The van der Waals surface area contributed by atoms with E-state index < -0.39 is 5.82 Å². The van der Waals surface area contributed by atoms with E-state index >= 15 is 0 Å². The number of carbonyl (C=O) groups is 1. The van der Waals surface area contributed by atoms with Crippen molar-refractivity contribution in [2.45, 2.75) is 26.3 Å². The van der Waals surface area contributed by atoms with Gasteiger partial charge in [0.2, 0.25) is 0 Å². The van der Waals surface area contributed by atoms with Gasteiger partial charge in [0.15, 0.2) is 11.6 Å². The molecule has 110 valence electrons. The number of nitrogens with zero attached hydrogens (tertiary/aromatic N) is 1. The fourth-order valence-electron chi connectivity index (χ4n) is 2.52. The van der Waals surface area contributed by atoms with Gasteiger partial charge in [-0.05, 0) is 30.0 Å². The third-order valence-corrected chi connectivity index (χ3v) is 4.00. The Hall–Kier alpha value is -1.62. The van der Waals surface area contributed by atoms with Crippen molar-refractivity contribution in [1.29, 1.82) is 0 Å². The van der Waals surface area contributed by atoms with Crippen LogP contribution >= 0.6 is 0 Å². The highest BCUT2D eigenvalue weighted by atomic mass is 19.1. The molecule has 0 spiro atoms. The zero-order valence-corrected chi connectivity index (χ0v) is 12.1. The average Bonchev–Trinajstić information content (AvgIpc) is 2.41. The van der Waals surface area contributed by atoms with Crippen LogP contribution in [0.25, 0.3) is 0 Å². The second-order valence-electron chi connectivity index (χ2n) is 5.96. The summed E-state index contributed by atoms with van der Waals surface area (Å²) in [7, 11) is 1.38. The SMILES string of the molecule is COc1cc(C(=O)N2CCC(N)C(C)(C)C2)ccc1F. The summed E-state index contributed by atoms with van der Waals surface area (Å²) in [6, 6.07) is 4.28. The molecule has 2 N–H and O–H groups in total. The Morgan fingerprint density at radius 2 is 2.20 bits per heavy atom. The minimum absolute atomic E-state index is 0.0869. The van der Waals surface area contributed by atoms with Crippen LogP contribution in [0, 0.1) is 11.2 Å². The minimum Gasteiger partial charge on any atom is -0.494 e. The van der Waals surface area contributed by atoms with Crippen molar-refractivity contribution in [2.75, 3.05) is 20.2 Å². The summed E-state index contributed by atoms with van der Waals surface area (Å²) < 4.78 is 18.3. The van der Waals surface area contributed by atoms with Gasteiger partial charge in [-0.1, -0.05) is 13.8 Å². The first-order valence-electron chi connectivity index (χ1n) is 6.73. The number of benzene rings is 1. The third kappa shape index (κ3) is 2.77. The molecule has 1 aliphatic heterocycles. The predicted octanol–water partition coefficient (Wildman–Crippen LogP) is 2.03. The molecule has 4 nitrogen and oxygen atoms in total. The van der Waals surface area contributed by atoms with Crippen LogP contribution in [0.5, 0.6) is 5.75 Å². The Morgan fingerprint density at radius 3 is 2.80 bits per heavy atom. The first-order chi connectivity index (χ1) is 9.35. The standard InChI is InChI=1S/C15H21FN2O2/c1-15(2)9-18(7-6-13(15)17)14(19)10-4-5-11(16)12(8-10)20-3/h4-5,8,13H,6-7,9,17H2,1-3H3. The molecule has 20 heavy (non-hydrogen) atoms. The molecule has 0 saturated carbocycles. The molecule has 1 saturated heterocycles. The Labute approximate surface area is 118 Å². The van der Waals surface area contributed by atoms with Crippen molar-refractivity contribution >= 4 is 5.91 Å². The molecule has 1 heterocycles. The lowest BCUT2D eigenvalue weighted by Crippen LogP contribution is -2.54. The maximum Gasteiger partial charge on any atom is 0.254 e. The van der Waals surface area contributed by atoms with Gasteiger partial charge in [-0.25, -0.2) is 4.39 Å². The number of halogens is 1. The maximum atomic E-state index is 13.4. The van der Waals surface area contributed by atoms with E-state index in [1.165, 1.54) is 25.3 Å². The molecule has 0 aliphatic carbocycles. The van der Waals surface area contributed by atoms with Crippen LogP contribution < -0.4 is 10.5 Å². The van der Waals surface area contributed by atoms with E-state index in [0.717, 1.165) is 6.42 Å². The van der Waals surface area contributed by atoms with E-state index in [-0.39, 0.29) is 23.1 Å². The molecule has 1 atom stereocenters. The molecule has 0 radical (unpaired) electrons. The summed E-state index contributed by atoms with van der Waals surface area (Å²) in [4.78, 5) is 14.3. The minimum atomic E-state index is -0.468. The first kappa shape index (κ1) is 14.8. The van der Waals surface area contributed by atoms with Gasteiger partial charge in [-0.2, -0.15) is 0 Å². The molecule has 1 unspecified atom stereocenters. The third-order valence-electron chi connectivity index (χ3n) is 4.00. The molecule has 1 aromatic carbocycles. The van der Waals surface area contributed by atoms with Crippen molar-refractivity contribution in [3.8, 4) is 5.75 Å². The van der Waals surface area contributed by atoms with Crippen LogP contribution in [0.15, 0.2) is 18.2 Å². The zero-order valence-electron chi connectivity index (χ0n) is 12.1. The summed E-state index contributed by atoms with van der Waals surface area (Å²) in [5.74, 6) is -0.489. The van der Waals surface area contributed by atoms with E-state index in [2.05, 4.69) is 13.8 Å². The molecule has 2 rings (SSSR count). The number of carbonyl (C=O) groups excluding carboxylic acids is 1. The highest BCUT2D eigenvalue weighted by Gasteiger charge is 2.35. The molecule has 0 bridgehead atoms. The Bertz CT molecular complexity index is 517. The first-order valence-corrected chi connectivity index (χ1v) is 6.73. The quantitative estimate of drug-likeness (QED) is 0.902. The van der Waals surface area contributed by atoms with E-state index in [4.69, 9.17) is 10.5 Å². The molecule has 1 amide bonds. The van der Waals surface area contributed by atoms with Crippen LogP contribution in [0.4, 0.5) is 4.39 Å². The summed E-state index contributed by atoms with van der Waals surface area (Å²) >= 11 is 0. The molecule has 5 heteroatoms. The van der Waals surface area contributed by atoms with E-state index in [9.17, 15) is 9.18 Å². The lowest BCUT2D eigenvalue weighted by molar-refractivity contribution is 0.0532. The van der Waals surface area contributed by atoms with Crippen LogP contribution in [-0.4, -0.2) is 37.0 Å². The van der Waals surface area contributed by atoms with Gasteiger partial charge in [-0.3, -0.25) is 4.79 Å². The van der Waals surface area contributed by atoms with Crippen molar-refractivity contribution in [3.63, 3.8) is 0 Å². The number of amides is 1. The molecule has 1 aliphatic rings. The van der Waals surface area contributed by atoms with Crippen molar-refractivity contribution < 1.29 is 13.9 Å². The van der Waals surface area contributed by atoms with Crippen molar-refractivity contribution in [2.24, 2.45) is 11.1 Å². The fraction of sp³-hybridized carbons (Fsp3) is 0.533. The van der Waals surface area contributed by atoms with Gasteiger partial charge < -0.3 is 15.4 Å². The zero-order chi connectivity index (χ0) is 14.9. The van der Waals surface area contributed by atoms with Gasteiger partial charge in [-0.15, -0.1) is 0 Å². The second kappa shape index (κ2) is 5.40. The molecule has 1 fully saturated rings. The van der Waals surface area contributed by atoms with Gasteiger partial charge >= 0.3 is 0 Å². The number of hydrogen-bond donors (Lipinski definition) is 1. The summed E-state index contributed by atoms with van der Waals surface area (Å²) in [5.41, 5.74) is 6.40.